The summed E-state index contributed by atoms with van der Waals surface area (Å²) in [6.45, 7) is 0. The fraction of sp³-hybridized carbons (Fsp3) is 0. The number of nitrogens with two attached hydrogens (primary N) is 1. The molecule has 3 N–H and O–H groups in total. The minimum absolute atomic E-state index is 0.292. The quantitative estimate of drug-likeness (QED) is 0.837. The van der Waals surface area contributed by atoms with Gasteiger partial charge in [-0.3, -0.25) is 4.72 Å². The van der Waals surface area contributed by atoms with Gasteiger partial charge in [0.2, 0.25) is 0 Å². The first-order chi connectivity index (χ1) is 9.86. The third kappa shape index (κ3) is 2.75. The molecular weight excluding hydrogens is 302 g/mol. The predicted octanol–water partition coefficient (Wildman–Crippen LogP) is 1.61. The molecule has 0 bridgehead atoms. The van der Waals surface area contributed by atoms with Gasteiger partial charge in [-0.25, -0.2) is 22.2 Å². The topological polar surface area (TPSA) is 109 Å². The van der Waals surface area contributed by atoms with E-state index in [4.69, 9.17) is 11.0 Å². The Bertz CT molecular complexity index is 847. The Morgan fingerprint density at radius 3 is 2.67 bits per heavy atom. The number of aromatic nitrogens is 1. The molecule has 0 amide bonds. The summed E-state index contributed by atoms with van der Waals surface area (Å²) < 4.78 is 52.9. The molecule has 1 aromatic carbocycles. The van der Waals surface area contributed by atoms with E-state index in [1.54, 1.807) is 6.07 Å². The van der Waals surface area contributed by atoms with Gasteiger partial charge in [0.25, 0.3) is 10.0 Å². The highest BCUT2D eigenvalue weighted by Gasteiger charge is 2.23. The first-order valence-corrected chi connectivity index (χ1v) is 6.96. The third-order valence-corrected chi connectivity index (χ3v) is 3.91. The average Bonchev–Trinajstić information content (AvgIpc) is 2.47. The van der Waals surface area contributed by atoms with Gasteiger partial charge in [0.05, 0.1) is 5.69 Å². The number of pyridine rings is 1. The fourth-order valence-electron chi connectivity index (χ4n) is 1.55. The molecule has 108 valence electrons. The molecule has 0 atom stereocenters. The van der Waals surface area contributed by atoms with Crippen LogP contribution in [0.3, 0.4) is 0 Å². The Labute approximate surface area is 118 Å². The summed E-state index contributed by atoms with van der Waals surface area (Å²) in [4.78, 5) is 3.13. The zero-order chi connectivity index (χ0) is 15.6. The lowest BCUT2D eigenvalue weighted by atomic mass is 10.2. The van der Waals surface area contributed by atoms with Crippen LogP contribution in [-0.4, -0.2) is 13.4 Å². The van der Waals surface area contributed by atoms with Gasteiger partial charge in [-0.15, -0.1) is 0 Å². The Morgan fingerprint density at radius 1 is 1.29 bits per heavy atom. The van der Waals surface area contributed by atoms with Gasteiger partial charge in [-0.05, 0) is 24.3 Å². The maximum atomic E-state index is 13.6. The number of hydrogen-bond donors (Lipinski definition) is 2. The average molecular weight is 310 g/mol. The summed E-state index contributed by atoms with van der Waals surface area (Å²) in [5.74, 6) is -2.69. The number of nitriles is 1. The molecule has 2 aromatic rings. The van der Waals surface area contributed by atoms with Crippen LogP contribution in [0.4, 0.5) is 20.2 Å². The van der Waals surface area contributed by atoms with E-state index >= 15 is 0 Å². The maximum absolute atomic E-state index is 13.6. The molecular formula is C12H8F2N4O2S. The summed E-state index contributed by atoms with van der Waals surface area (Å²) in [7, 11) is -4.34. The molecule has 0 aliphatic carbocycles. The molecule has 6 nitrogen and oxygen atoms in total. The van der Waals surface area contributed by atoms with Crippen molar-refractivity contribution >= 4 is 21.4 Å². The van der Waals surface area contributed by atoms with E-state index in [2.05, 4.69) is 4.98 Å². The molecule has 0 fully saturated rings. The second kappa shape index (κ2) is 5.34. The standard InChI is InChI=1S/C12H8F2N4O2S/c13-7-3-4-8(16)12(11(7)14)18-21(19,20)10-2-1-5-17-9(10)6-15/h1-5,18H,16H2. The molecule has 0 saturated heterocycles. The molecule has 2 rings (SSSR count). The zero-order valence-corrected chi connectivity index (χ0v) is 11.2. The minimum atomic E-state index is -4.34. The molecule has 0 aliphatic rings. The number of benzene rings is 1. The van der Waals surface area contributed by atoms with Crippen LogP contribution < -0.4 is 10.5 Å². The van der Waals surface area contributed by atoms with Crippen molar-refractivity contribution in [2.45, 2.75) is 4.90 Å². The zero-order valence-electron chi connectivity index (χ0n) is 10.3. The summed E-state index contributed by atoms with van der Waals surface area (Å²) >= 11 is 0. The smallest absolute Gasteiger partial charge is 0.264 e. The Hall–Kier alpha value is -2.73. The second-order valence-electron chi connectivity index (χ2n) is 3.89. The first kappa shape index (κ1) is 14.7. The third-order valence-electron chi connectivity index (χ3n) is 2.53. The number of hydrogen-bond acceptors (Lipinski definition) is 5. The van der Waals surface area contributed by atoms with Crippen molar-refractivity contribution < 1.29 is 17.2 Å². The number of rotatable bonds is 3. The van der Waals surface area contributed by atoms with E-state index < -0.39 is 32.2 Å². The highest BCUT2D eigenvalue weighted by molar-refractivity contribution is 7.92. The normalized spacial score (nSPS) is 10.9. The fourth-order valence-corrected chi connectivity index (χ4v) is 2.75. The van der Waals surface area contributed by atoms with Gasteiger partial charge in [0, 0.05) is 6.20 Å². The van der Waals surface area contributed by atoms with Crippen LogP contribution in [0.15, 0.2) is 35.4 Å². The van der Waals surface area contributed by atoms with Crippen molar-refractivity contribution in [3.05, 3.63) is 47.8 Å². The van der Waals surface area contributed by atoms with E-state index in [1.807, 2.05) is 4.72 Å². The van der Waals surface area contributed by atoms with Crippen LogP contribution in [0, 0.1) is 23.0 Å². The van der Waals surface area contributed by atoms with E-state index in [9.17, 15) is 17.2 Å². The summed E-state index contributed by atoms with van der Waals surface area (Å²) in [5, 5.41) is 8.84. The highest BCUT2D eigenvalue weighted by Crippen LogP contribution is 2.27. The van der Waals surface area contributed by atoms with Gasteiger partial charge >= 0.3 is 0 Å². The molecule has 21 heavy (non-hydrogen) atoms. The Balaban J connectivity index is 2.54. The molecule has 0 aliphatic heterocycles. The van der Waals surface area contributed by atoms with Gasteiger partial charge in [0.15, 0.2) is 17.3 Å². The van der Waals surface area contributed by atoms with E-state index in [0.29, 0.717) is 0 Å². The lowest BCUT2D eigenvalue weighted by Gasteiger charge is -2.12. The maximum Gasteiger partial charge on any atom is 0.264 e. The minimum Gasteiger partial charge on any atom is -0.397 e. The monoisotopic (exact) mass is 310 g/mol. The van der Waals surface area contributed by atoms with E-state index in [1.165, 1.54) is 12.3 Å². The van der Waals surface area contributed by atoms with Crippen molar-refractivity contribution in [1.82, 2.24) is 4.98 Å². The number of halogens is 2. The molecule has 1 heterocycles. The van der Waals surface area contributed by atoms with Crippen molar-refractivity contribution in [3.8, 4) is 6.07 Å². The molecule has 0 spiro atoms. The number of nitrogen functional groups attached to an aromatic ring is 1. The molecule has 0 radical (unpaired) electrons. The Morgan fingerprint density at radius 2 is 2.00 bits per heavy atom. The van der Waals surface area contributed by atoms with Gasteiger partial charge in [-0.1, -0.05) is 0 Å². The molecule has 1 aromatic heterocycles. The Kier molecular flexibility index (Phi) is 3.73. The van der Waals surface area contributed by atoms with Crippen LogP contribution in [0.25, 0.3) is 0 Å². The summed E-state index contributed by atoms with van der Waals surface area (Å²) in [5.41, 5.74) is 4.05. The van der Waals surface area contributed by atoms with Crippen LogP contribution in [0.5, 0.6) is 0 Å². The predicted molar refractivity (Wildman–Crippen MR) is 70.5 cm³/mol. The van der Waals surface area contributed by atoms with Gasteiger partial charge < -0.3 is 5.73 Å². The van der Waals surface area contributed by atoms with Crippen molar-refractivity contribution in [1.29, 1.82) is 5.26 Å². The second-order valence-corrected chi connectivity index (χ2v) is 5.54. The van der Waals surface area contributed by atoms with Crippen molar-refractivity contribution in [2.24, 2.45) is 0 Å². The summed E-state index contributed by atoms with van der Waals surface area (Å²) in [6, 6.07) is 5.79. The highest BCUT2D eigenvalue weighted by atomic mass is 32.2. The van der Waals surface area contributed by atoms with E-state index in [-0.39, 0.29) is 11.4 Å². The van der Waals surface area contributed by atoms with Crippen LogP contribution in [0.1, 0.15) is 5.69 Å². The van der Waals surface area contributed by atoms with Crippen LogP contribution in [0.2, 0.25) is 0 Å². The number of sulfonamides is 1. The lowest BCUT2D eigenvalue weighted by molar-refractivity contribution is 0.512. The molecule has 0 unspecified atom stereocenters. The number of nitrogens with one attached hydrogen (secondary N) is 1. The SMILES string of the molecule is N#Cc1ncccc1S(=O)(=O)Nc1c(N)ccc(F)c1F. The van der Waals surface area contributed by atoms with Crippen LogP contribution >= 0.6 is 0 Å². The number of anilines is 2. The number of nitrogens with zero attached hydrogens (tertiary/aromatic N) is 2. The lowest BCUT2D eigenvalue weighted by Crippen LogP contribution is -2.17. The molecule has 9 heteroatoms. The molecule has 0 saturated carbocycles. The summed E-state index contributed by atoms with van der Waals surface area (Å²) in [6.07, 6.45) is 1.23. The van der Waals surface area contributed by atoms with Crippen molar-refractivity contribution in [3.63, 3.8) is 0 Å². The van der Waals surface area contributed by atoms with E-state index in [0.717, 1.165) is 18.2 Å². The van der Waals surface area contributed by atoms with Crippen molar-refractivity contribution in [2.75, 3.05) is 10.5 Å². The first-order valence-electron chi connectivity index (χ1n) is 5.48. The largest absolute Gasteiger partial charge is 0.397 e. The van der Waals surface area contributed by atoms with Gasteiger partial charge in [-0.2, -0.15) is 5.26 Å². The van der Waals surface area contributed by atoms with Gasteiger partial charge in [0.1, 0.15) is 16.7 Å². The van der Waals surface area contributed by atoms with Crippen LogP contribution in [-0.2, 0) is 10.0 Å².